The molecule has 0 aliphatic rings. The summed E-state index contributed by atoms with van der Waals surface area (Å²) in [5, 5.41) is 14.9. The molecule has 0 amide bonds. The number of carbonyl (C=O) groups excluding carboxylic acids is 1. The van der Waals surface area contributed by atoms with Gasteiger partial charge in [0.15, 0.2) is 12.4 Å². The minimum atomic E-state index is -0.272. The Bertz CT molecular complexity index is 1240. The van der Waals surface area contributed by atoms with E-state index in [0.717, 1.165) is 0 Å². The molecule has 0 saturated carbocycles. The van der Waals surface area contributed by atoms with E-state index in [0.29, 0.717) is 47.1 Å². The molecule has 3 aromatic rings. The van der Waals surface area contributed by atoms with Crippen LogP contribution >= 0.6 is 0 Å². The molecule has 3 rings (SSSR count). The summed E-state index contributed by atoms with van der Waals surface area (Å²) in [6, 6.07) is 12.8. The largest absolute Gasteiger partial charge is 0.507 e. The average Bonchev–Trinajstić information content (AvgIpc) is 3.28. The molecule has 37 heavy (non-hydrogen) atoms. The molecule has 0 unspecified atom stereocenters. The fourth-order valence-corrected chi connectivity index (χ4v) is 4.23. The van der Waals surface area contributed by atoms with Gasteiger partial charge in [0.25, 0.3) is 0 Å². The highest BCUT2D eigenvalue weighted by atomic mass is 16.6. The lowest BCUT2D eigenvalue weighted by molar-refractivity contribution is 0.0892. The number of phenolic OH excluding ortho intramolecular Hbond substituents is 1. The first-order valence-corrected chi connectivity index (χ1v) is 12.9. The number of aromatic hydroxyl groups is 1. The third kappa shape index (κ3) is 7.03. The van der Waals surface area contributed by atoms with Crippen LogP contribution in [0.5, 0.6) is 11.5 Å². The van der Waals surface area contributed by atoms with Gasteiger partial charge in [0.1, 0.15) is 23.9 Å². The zero-order valence-corrected chi connectivity index (χ0v) is 23.2. The summed E-state index contributed by atoms with van der Waals surface area (Å²) in [6.45, 7) is 17.0. The van der Waals surface area contributed by atoms with Crippen LogP contribution in [0.2, 0.25) is 0 Å². The van der Waals surface area contributed by atoms with Crippen molar-refractivity contribution in [3.8, 4) is 11.5 Å². The number of hydrogen-bond acceptors (Lipinski definition) is 6. The lowest BCUT2D eigenvalue weighted by Gasteiger charge is -2.22. The van der Waals surface area contributed by atoms with Crippen LogP contribution < -0.4 is 4.74 Å². The van der Waals surface area contributed by atoms with Crippen molar-refractivity contribution < 1.29 is 23.9 Å². The monoisotopic (exact) mass is 505 g/mol. The summed E-state index contributed by atoms with van der Waals surface area (Å²) in [4.78, 5) is 18.0. The van der Waals surface area contributed by atoms with Crippen LogP contribution in [0.1, 0.15) is 110 Å². The normalized spacial score (nSPS) is 12.0. The summed E-state index contributed by atoms with van der Waals surface area (Å²) in [7, 11) is 0. The molecule has 198 valence electrons. The van der Waals surface area contributed by atoms with Crippen LogP contribution in [0, 0.1) is 6.92 Å². The van der Waals surface area contributed by atoms with Crippen LogP contribution in [0.4, 0.5) is 0 Å². The first-order chi connectivity index (χ1) is 17.5. The number of aryl methyl sites for hydroxylation is 1. The second kappa shape index (κ2) is 12.1. The Balaban J connectivity index is 1.72. The number of ketones is 1. The standard InChI is InChI=1S/C31H39NO5/c1-18(2)23-13-26(19(3)4)28(27(14-23)20(5)6)16-36-32-22(8)25-11-10-24(15-29(25)33)35-17-30(34)31-12-9-21(7)37-31/h9-15,18-20,33H,16-17H2,1-8H3. The zero-order valence-electron chi connectivity index (χ0n) is 23.2. The third-order valence-electron chi connectivity index (χ3n) is 6.41. The maximum absolute atomic E-state index is 12.2. The van der Waals surface area contributed by atoms with Crippen LogP contribution in [0.3, 0.4) is 0 Å². The average molecular weight is 506 g/mol. The van der Waals surface area contributed by atoms with E-state index in [1.165, 1.54) is 28.3 Å². The Kier molecular flexibility index (Phi) is 9.19. The van der Waals surface area contributed by atoms with E-state index in [4.69, 9.17) is 14.0 Å². The van der Waals surface area contributed by atoms with Crippen LogP contribution in [-0.2, 0) is 11.4 Å². The molecule has 1 heterocycles. The summed E-state index contributed by atoms with van der Waals surface area (Å²) < 4.78 is 10.9. The number of nitrogens with zero attached hydrogens (tertiary/aromatic N) is 1. The van der Waals surface area contributed by atoms with E-state index in [1.54, 1.807) is 38.1 Å². The summed E-state index contributed by atoms with van der Waals surface area (Å²) in [5.41, 5.74) is 6.16. The quantitative estimate of drug-likeness (QED) is 0.163. The number of furan rings is 1. The maximum Gasteiger partial charge on any atom is 0.235 e. The van der Waals surface area contributed by atoms with E-state index >= 15 is 0 Å². The summed E-state index contributed by atoms with van der Waals surface area (Å²) in [6.07, 6.45) is 0. The molecule has 1 N–H and O–H groups in total. The van der Waals surface area contributed by atoms with Gasteiger partial charge in [-0.05, 0) is 78.1 Å². The molecule has 6 heteroatoms. The molecule has 0 fully saturated rings. The Morgan fingerprint density at radius 2 is 1.59 bits per heavy atom. The highest BCUT2D eigenvalue weighted by Crippen LogP contribution is 2.33. The molecule has 2 aromatic carbocycles. The van der Waals surface area contributed by atoms with Gasteiger partial charge in [-0.25, -0.2) is 0 Å². The lowest BCUT2D eigenvalue weighted by atomic mass is 9.85. The van der Waals surface area contributed by atoms with Crippen molar-refractivity contribution in [3.05, 3.63) is 81.8 Å². The lowest BCUT2D eigenvalue weighted by Crippen LogP contribution is -2.11. The van der Waals surface area contributed by atoms with Gasteiger partial charge in [0.2, 0.25) is 5.78 Å². The number of benzene rings is 2. The molecule has 0 radical (unpaired) electrons. The highest BCUT2D eigenvalue weighted by Gasteiger charge is 2.18. The van der Waals surface area contributed by atoms with Crippen molar-refractivity contribution in [2.75, 3.05) is 6.61 Å². The Morgan fingerprint density at radius 1 is 0.946 bits per heavy atom. The van der Waals surface area contributed by atoms with E-state index < -0.39 is 0 Å². The Hall–Kier alpha value is -3.54. The van der Waals surface area contributed by atoms with Crippen LogP contribution in [0.15, 0.2) is 52.0 Å². The van der Waals surface area contributed by atoms with Gasteiger partial charge in [0.05, 0.1) is 5.71 Å². The van der Waals surface area contributed by atoms with Crippen molar-refractivity contribution >= 4 is 11.5 Å². The molecule has 0 atom stereocenters. The van der Waals surface area contributed by atoms with Crippen LogP contribution in [0.25, 0.3) is 0 Å². The van der Waals surface area contributed by atoms with Crippen molar-refractivity contribution in [3.63, 3.8) is 0 Å². The van der Waals surface area contributed by atoms with E-state index in [9.17, 15) is 9.90 Å². The minimum Gasteiger partial charge on any atom is -0.507 e. The second-order valence-corrected chi connectivity index (χ2v) is 10.4. The van der Waals surface area contributed by atoms with Crippen LogP contribution in [-0.4, -0.2) is 23.2 Å². The van der Waals surface area contributed by atoms with Crippen molar-refractivity contribution in [2.24, 2.45) is 5.16 Å². The predicted octanol–water partition coefficient (Wildman–Crippen LogP) is 7.87. The van der Waals surface area contributed by atoms with Crippen molar-refractivity contribution in [1.29, 1.82) is 0 Å². The van der Waals surface area contributed by atoms with E-state index in [2.05, 4.69) is 58.8 Å². The number of phenols is 1. The zero-order chi connectivity index (χ0) is 27.3. The number of hydrogen-bond donors (Lipinski definition) is 1. The summed E-state index contributed by atoms with van der Waals surface area (Å²) in [5.74, 6) is 2.18. The van der Waals surface area contributed by atoms with Gasteiger partial charge in [-0.3, -0.25) is 4.79 Å². The van der Waals surface area contributed by atoms with Gasteiger partial charge in [-0.15, -0.1) is 0 Å². The molecule has 0 bridgehead atoms. The Morgan fingerprint density at radius 3 is 2.11 bits per heavy atom. The first kappa shape index (κ1) is 28.0. The molecule has 0 saturated heterocycles. The van der Waals surface area contributed by atoms with Gasteiger partial charge < -0.3 is 19.1 Å². The van der Waals surface area contributed by atoms with Gasteiger partial charge in [-0.2, -0.15) is 0 Å². The first-order valence-electron chi connectivity index (χ1n) is 12.9. The number of oxime groups is 1. The molecule has 0 aliphatic carbocycles. The molecular formula is C31H39NO5. The minimum absolute atomic E-state index is 0.00401. The number of rotatable bonds is 11. The van der Waals surface area contributed by atoms with Gasteiger partial charge in [0, 0.05) is 11.6 Å². The molecule has 6 nitrogen and oxygen atoms in total. The maximum atomic E-state index is 12.2. The highest BCUT2D eigenvalue weighted by molar-refractivity contribution is 6.00. The van der Waals surface area contributed by atoms with Crippen molar-refractivity contribution in [1.82, 2.24) is 0 Å². The second-order valence-electron chi connectivity index (χ2n) is 10.4. The van der Waals surface area contributed by atoms with Gasteiger partial charge >= 0.3 is 0 Å². The SMILES string of the molecule is CC(=NOCc1c(C(C)C)cc(C(C)C)cc1C(C)C)c1ccc(OCC(=O)c2ccc(C)o2)cc1O. The number of Topliss-reactive ketones (excluding diaryl/α,β-unsaturated/α-hetero) is 1. The molecule has 0 aliphatic heterocycles. The molecule has 1 aromatic heterocycles. The number of ether oxygens (including phenoxy) is 1. The number of carbonyl (C=O) groups is 1. The van der Waals surface area contributed by atoms with Crippen molar-refractivity contribution in [2.45, 2.75) is 79.8 Å². The Labute approximate surface area is 220 Å². The topological polar surface area (TPSA) is 81.3 Å². The molecule has 0 spiro atoms. The van der Waals surface area contributed by atoms with E-state index in [1.807, 2.05) is 0 Å². The van der Waals surface area contributed by atoms with Gasteiger partial charge in [-0.1, -0.05) is 58.8 Å². The fraction of sp³-hybridized carbons (Fsp3) is 0.419. The summed E-state index contributed by atoms with van der Waals surface area (Å²) >= 11 is 0. The fourth-order valence-electron chi connectivity index (χ4n) is 4.23. The molecular weight excluding hydrogens is 466 g/mol. The smallest absolute Gasteiger partial charge is 0.235 e. The third-order valence-corrected chi connectivity index (χ3v) is 6.41. The predicted molar refractivity (Wildman–Crippen MR) is 147 cm³/mol. The van der Waals surface area contributed by atoms with E-state index in [-0.39, 0.29) is 23.9 Å².